The highest BCUT2D eigenvalue weighted by molar-refractivity contribution is 7.91. The summed E-state index contributed by atoms with van der Waals surface area (Å²) >= 11 is 0. The van der Waals surface area contributed by atoms with Gasteiger partial charge in [0.2, 0.25) is 5.91 Å². The van der Waals surface area contributed by atoms with E-state index in [2.05, 4.69) is 5.10 Å². The summed E-state index contributed by atoms with van der Waals surface area (Å²) in [5.74, 6) is 1.62. The molecule has 1 aromatic heterocycles. The van der Waals surface area contributed by atoms with Gasteiger partial charge in [-0.15, -0.1) is 0 Å². The van der Waals surface area contributed by atoms with E-state index < -0.39 is 9.84 Å². The topological polar surface area (TPSA) is 72.3 Å². The highest BCUT2D eigenvalue weighted by Crippen LogP contribution is 2.51. The SMILES string of the molecule is CCn1cc([C@@H]2CS(=O)(=O)CCN2C(=O)[C@H]2C[C@H]2C2CCCCC2)cn1. The second kappa shape index (κ2) is 6.98. The number of rotatable bonds is 4. The van der Waals surface area contributed by atoms with Gasteiger partial charge in [0.15, 0.2) is 9.84 Å². The van der Waals surface area contributed by atoms with Crippen LogP contribution < -0.4 is 0 Å². The van der Waals surface area contributed by atoms with Gasteiger partial charge >= 0.3 is 0 Å². The minimum Gasteiger partial charge on any atom is -0.333 e. The van der Waals surface area contributed by atoms with Gasteiger partial charge in [0.25, 0.3) is 0 Å². The van der Waals surface area contributed by atoms with Crippen LogP contribution in [0.3, 0.4) is 0 Å². The molecule has 0 unspecified atom stereocenters. The average Bonchev–Trinajstić information content (AvgIpc) is 3.30. The van der Waals surface area contributed by atoms with E-state index in [1.165, 1.54) is 32.1 Å². The first kappa shape index (κ1) is 18.0. The molecule has 144 valence electrons. The number of carbonyl (C=O) groups is 1. The van der Waals surface area contributed by atoms with E-state index in [-0.39, 0.29) is 29.4 Å². The van der Waals surface area contributed by atoms with Gasteiger partial charge in [-0.25, -0.2) is 8.42 Å². The van der Waals surface area contributed by atoms with Crippen LogP contribution in [-0.4, -0.2) is 47.1 Å². The number of aryl methyl sites for hydroxylation is 1. The maximum absolute atomic E-state index is 13.2. The van der Waals surface area contributed by atoms with E-state index in [0.29, 0.717) is 18.4 Å². The number of hydrogen-bond acceptors (Lipinski definition) is 4. The Morgan fingerprint density at radius 3 is 2.73 bits per heavy atom. The van der Waals surface area contributed by atoms with E-state index in [0.717, 1.165) is 18.5 Å². The molecule has 1 amide bonds. The molecule has 1 saturated heterocycles. The summed E-state index contributed by atoms with van der Waals surface area (Å²) in [5, 5.41) is 4.28. The summed E-state index contributed by atoms with van der Waals surface area (Å²) in [7, 11) is -3.11. The van der Waals surface area contributed by atoms with Crippen molar-refractivity contribution in [3.8, 4) is 0 Å². The number of sulfone groups is 1. The van der Waals surface area contributed by atoms with Crippen molar-refractivity contribution in [3.05, 3.63) is 18.0 Å². The molecule has 2 saturated carbocycles. The second-order valence-corrected chi connectivity index (χ2v) is 10.4. The van der Waals surface area contributed by atoms with Gasteiger partial charge in [-0.1, -0.05) is 32.1 Å². The molecule has 3 aliphatic rings. The van der Waals surface area contributed by atoms with Gasteiger partial charge in [0, 0.05) is 30.8 Å². The molecule has 0 N–H and O–H groups in total. The Balaban J connectivity index is 1.50. The van der Waals surface area contributed by atoms with Crippen LogP contribution in [0.5, 0.6) is 0 Å². The molecule has 1 aliphatic heterocycles. The monoisotopic (exact) mass is 379 g/mol. The van der Waals surface area contributed by atoms with Crippen molar-refractivity contribution in [2.24, 2.45) is 17.8 Å². The van der Waals surface area contributed by atoms with Crippen LogP contribution in [0.2, 0.25) is 0 Å². The fourth-order valence-corrected chi connectivity index (χ4v) is 6.36. The fourth-order valence-electron chi connectivity index (χ4n) is 4.87. The Hall–Kier alpha value is -1.37. The Labute approximate surface area is 155 Å². The van der Waals surface area contributed by atoms with E-state index in [4.69, 9.17) is 0 Å². The van der Waals surface area contributed by atoms with Crippen LogP contribution in [-0.2, 0) is 21.2 Å². The van der Waals surface area contributed by atoms with Crippen LogP contribution in [0.4, 0.5) is 0 Å². The standard InChI is InChI=1S/C19H29N3O3S/c1-2-21-12-15(11-20-21)18-13-26(24,25)9-8-22(18)19(23)17-10-16(17)14-6-4-3-5-7-14/h11-12,14,16-18H,2-10,13H2,1H3/t16-,17-,18-/m0/s1. The lowest BCUT2D eigenvalue weighted by atomic mass is 9.85. The minimum atomic E-state index is -3.11. The molecule has 0 aromatic carbocycles. The van der Waals surface area contributed by atoms with Crippen molar-refractivity contribution in [3.63, 3.8) is 0 Å². The lowest BCUT2D eigenvalue weighted by Crippen LogP contribution is -2.47. The van der Waals surface area contributed by atoms with Crippen molar-refractivity contribution >= 4 is 15.7 Å². The minimum absolute atomic E-state index is 0.0228. The maximum Gasteiger partial charge on any atom is 0.226 e. The highest BCUT2D eigenvalue weighted by atomic mass is 32.2. The van der Waals surface area contributed by atoms with E-state index in [1.54, 1.807) is 10.9 Å². The third-order valence-corrected chi connectivity index (χ3v) is 8.12. The molecule has 7 heteroatoms. The third-order valence-electron chi connectivity index (χ3n) is 6.49. The van der Waals surface area contributed by atoms with E-state index >= 15 is 0 Å². The van der Waals surface area contributed by atoms with Crippen molar-refractivity contribution in [2.45, 2.75) is 58.0 Å². The molecule has 4 rings (SSSR count). The van der Waals surface area contributed by atoms with Crippen LogP contribution in [0.25, 0.3) is 0 Å². The third kappa shape index (κ3) is 3.55. The number of amides is 1. The van der Waals surface area contributed by atoms with Gasteiger partial charge in [0.1, 0.15) is 0 Å². The lowest BCUT2D eigenvalue weighted by molar-refractivity contribution is -0.135. The molecule has 1 aromatic rings. The van der Waals surface area contributed by atoms with Crippen LogP contribution in [0.15, 0.2) is 12.4 Å². The van der Waals surface area contributed by atoms with Gasteiger partial charge in [0.05, 0.1) is 23.7 Å². The van der Waals surface area contributed by atoms with Crippen LogP contribution >= 0.6 is 0 Å². The molecule has 2 aliphatic carbocycles. The molecule has 6 nitrogen and oxygen atoms in total. The Morgan fingerprint density at radius 1 is 1.27 bits per heavy atom. The zero-order valence-electron chi connectivity index (χ0n) is 15.5. The zero-order chi connectivity index (χ0) is 18.3. The Bertz CT molecular complexity index is 767. The molecule has 0 bridgehead atoms. The number of carbonyl (C=O) groups excluding carboxylic acids is 1. The molecule has 0 radical (unpaired) electrons. The molecular formula is C19H29N3O3S. The maximum atomic E-state index is 13.2. The van der Waals surface area contributed by atoms with Crippen molar-refractivity contribution in [2.75, 3.05) is 18.1 Å². The highest BCUT2D eigenvalue weighted by Gasteiger charge is 2.50. The smallest absolute Gasteiger partial charge is 0.226 e. The summed E-state index contributed by atoms with van der Waals surface area (Å²) in [4.78, 5) is 15.0. The Kier molecular flexibility index (Phi) is 4.84. The summed E-state index contributed by atoms with van der Waals surface area (Å²) in [6.45, 7) is 3.05. The second-order valence-electron chi connectivity index (χ2n) is 8.20. The van der Waals surface area contributed by atoms with E-state index in [1.807, 2.05) is 18.0 Å². The number of nitrogens with zero attached hydrogens (tertiary/aromatic N) is 3. The summed E-state index contributed by atoms with van der Waals surface area (Å²) < 4.78 is 26.2. The number of aromatic nitrogens is 2. The Morgan fingerprint density at radius 2 is 2.04 bits per heavy atom. The summed E-state index contributed by atoms with van der Waals surface area (Å²) in [6, 6.07) is -0.380. The molecule has 2 heterocycles. The average molecular weight is 380 g/mol. The quantitative estimate of drug-likeness (QED) is 0.805. The van der Waals surface area contributed by atoms with Gasteiger partial charge in [-0.05, 0) is 25.2 Å². The molecule has 26 heavy (non-hydrogen) atoms. The molecular weight excluding hydrogens is 350 g/mol. The van der Waals surface area contributed by atoms with Crippen molar-refractivity contribution < 1.29 is 13.2 Å². The predicted molar refractivity (Wildman–Crippen MR) is 99.2 cm³/mol. The zero-order valence-corrected chi connectivity index (χ0v) is 16.3. The predicted octanol–water partition coefficient (Wildman–Crippen LogP) is 2.42. The van der Waals surface area contributed by atoms with Gasteiger partial charge in [-0.3, -0.25) is 9.48 Å². The number of hydrogen-bond donors (Lipinski definition) is 0. The van der Waals surface area contributed by atoms with Gasteiger partial charge in [-0.2, -0.15) is 5.10 Å². The first-order valence-electron chi connectivity index (χ1n) is 10.0. The molecule has 3 atom stereocenters. The van der Waals surface area contributed by atoms with Crippen molar-refractivity contribution in [1.29, 1.82) is 0 Å². The summed E-state index contributed by atoms with van der Waals surface area (Å²) in [6.07, 6.45) is 11.0. The largest absolute Gasteiger partial charge is 0.333 e. The first-order chi connectivity index (χ1) is 12.5. The summed E-state index contributed by atoms with van der Waals surface area (Å²) in [5.41, 5.74) is 0.846. The van der Waals surface area contributed by atoms with E-state index in [9.17, 15) is 13.2 Å². The van der Waals surface area contributed by atoms with Crippen LogP contribution in [0, 0.1) is 17.8 Å². The van der Waals surface area contributed by atoms with Crippen LogP contribution in [0.1, 0.15) is 57.1 Å². The first-order valence-corrected chi connectivity index (χ1v) is 11.8. The normalized spacial score (nSPS) is 31.7. The van der Waals surface area contributed by atoms with Gasteiger partial charge < -0.3 is 4.90 Å². The molecule has 0 spiro atoms. The van der Waals surface area contributed by atoms with Crippen molar-refractivity contribution in [1.82, 2.24) is 14.7 Å². The fraction of sp³-hybridized carbons (Fsp3) is 0.789. The lowest BCUT2D eigenvalue weighted by Gasteiger charge is -2.35. The molecule has 3 fully saturated rings.